The Morgan fingerprint density at radius 1 is 1.15 bits per heavy atom. The molecule has 20 heavy (non-hydrogen) atoms. The van der Waals surface area contributed by atoms with Gasteiger partial charge in [-0.1, -0.05) is 6.92 Å². The molecule has 0 N–H and O–H groups in total. The van der Waals surface area contributed by atoms with Gasteiger partial charge in [-0.25, -0.2) is 0 Å². The van der Waals surface area contributed by atoms with Crippen molar-refractivity contribution in [1.29, 1.82) is 0 Å². The van der Waals surface area contributed by atoms with Crippen LogP contribution in [0, 0.1) is 5.41 Å². The van der Waals surface area contributed by atoms with Crippen molar-refractivity contribution in [2.45, 2.75) is 44.9 Å². The van der Waals surface area contributed by atoms with Crippen LogP contribution in [0.4, 0.5) is 0 Å². The first-order valence-electron chi connectivity index (χ1n) is 7.25. The van der Waals surface area contributed by atoms with Gasteiger partial charge in [-0.15, -0.1) is 0 Å². The van der Waals surface area contributed by atoms with Crippen LogP contribution in [0.3, 0.4) is 0 Å². The van der Waals surface area contributed by atoms with Crippen LogP contribution in [0.15, 0.2) is 0 Å². The second-order valence-corrected chi connectivity index (χ2v) is 7.48. The third kappa shape index (κ3) is 5.09. The van der Waals surface area contributed by atoms with Gasteiger partial charge in [0, 0.05) is 39.4 Å². The van der Waals surface area contributed by atoms with Crippen molar-refractivity contribution < 1.29 is 23.1 Å². The topological polar surface area (TPSA) is 46.2 Å². The summed E-state index contributed by atoms with van der Waals surface area (Å²) in [6.07, 6.45) is 2.34. The quantitative estimate of drug-likeness (QED) is 0.546. The third-order valence-electron chi connectivity index (χ3n) is 3.93. The molecule has 0 spiro atoms. The number of ether oxygens (including phenoxy) is 3. The van der Waals surface area contributed by atoms with Gasteiger partial charge in [-0.05, 0) is 19.8 Å². The maximum absolute atomic E-state index is 5.81. The second kappa shape index (κ2) is 9.12. The largest absolute Gasteiger partial charge is 0.397 e. The summed E-state index contributed by atoms with van der Waals surface area (Å²) in [6, 6.07) is 0.842. The molecule has 6 heteroatoms. The SMILES string of the molecule is CCOC(CCC(OC)C1(C)COC1)C[Si](OC)OC. The highest BCUT2D eigenvalue weighted by Crippen LogP contribution is 2.35. The summed E-state index contributed by atoms with van der Waals surface area (Å²) >= 11 is 0. The molecule has 1 radical (unpaired) electrons. The molecule has 1 heterocycles. The van der Waals surface area contributed by atoms with Gasteiger partial charge in [0.05, 0.1) is 25.4 Å². The molecule has 1 fully saturated rings. The average Bonchev–Trinajstić information content (AvgIpc) is 2.42. The number of hydrogen-bond acceptors (Lipinski definition) is 5. The molecule has 0 saturated carbocycles. The van der Waals surface area contributed by atoms with E-state index in [1.165, 1.54) is 0 Å². The monoisotopic (exact) mass is 305 g/mol. The summed E-state index contributed by atoms with van der Waals surface area (Å²) in [4.78, 5) is 0. The Labute approximate surface area is 124 Å². The zero-order valence-corrected chi connectivity index (χ0v) is 14.4. The van der Waals surface area contributed by atoms with Crippen molar-refractivity contribution in [3.05, 3.63) is 0 Å². The Kier molecular flexibility index (Phi) is 8.24. The van der Waals surface area contributed by atoms with Gasteiger partial charge in [0.1, 0.15) is 0 Å². The van der Waals surface area contributed by atoms with Crippen LogP contribution in [0.5, 0.6) is 0 Å². The Morgan fingerprint density at radius 2 is 1.80 bits per heavy atom. The molecule has 0 bridgehead atoms. The molecule has 2 atom stereocenters. The molecular formula is C14H29O5Si. The van der Waals surface area contributed by atoms with Crippen molar-refractivity contribution in [3.63, 3.8) is 0 Å². The Hall–Kier alpha value is 0.0169. The number of hydrogen-bond donors (Lipinski definition) is 0. The van der Waals surface area contributed by atoms with Crippen molar-refractivity contribution in [2.24, 2.45) is 5.41 Å². The molecule has 1 aliphatic rings. The maximum atomic E-state index is 5.81. The molecular weight excluding hydrogens is 276 g/mol. The first-order chi connectivity index (χ1) is 9.59. The maximum Gasteiger partial charge on any atom is 0.386 e. The molecule has 0 aliphatic carbocycles. The Balaban J connectivity index is 2.43. The average molecular weight is 305 g/mol. The minimum absolute atomic E-state index is 0.155. The van der Waals surface area contributed by atoms with Crippen LogP contribution in [0.25, 0.3) is 0 Å². The zero-order chi connectivity index (χ0) is 15.0. The van der Waals surface area contributed by atoms with Crippen molar-refractivity contribution in [2.75, 3.05) is 41.2 Å². The molecule has 5 nitrogen and oxygen atoms in total. The van der Waals surface area contributed by atoms with Gasteiger partial charge in [-0.2, -0.15) is 0 Å². The molecule has 2 unspecified atom stereocenters. The Bertz CT molecular complexity index is 256. The fraction of sp³-hybridized carbons (Fsp3) is 1.00. The highest BCUT2D eigenvalue weighted by molar-refractivity contribution is 6.44. The lowest BCUT2D eigenvalue weighted by Gasteiger charge is -2.44. The molecule has 0 aromatic carbocycles. The summed E-state index contributed by atoms with van der Waals surface area (Å²) in [7, 11) is 3.97. The fourth-order valence-electron chi connectivity index (χ4n) is 2.61. The van der Waals surface area contributed by atoms with E-state index in [0.29, 0.717) is 6.61 Å². The molecule has 0 aromatic rings. The predicted molar refractivity (Wildman–Crippen MR) is 79.0 cm³/mol. The standard InChI is InChI=1S/C14H29O5Si/c1-6-19-12(9-20(16-4)17-5)7-8-13(15-3)14(2)10-18-11-14/h12-13H,6-11H2,1-5H3. The summed E-state index contributed by atoms with van der Waals surface area (Å²) in [5.74, 6) is 0. The van der Waals surface area contributed by atoms with E-state index in [-0.39, 0.29) is 17.6 Å². The van der Waals surface area contributed by atoms with Gasteiger partial charge >= 0.3 is 9.28 Å². The molecule has 1 saturated heterocycles. The first kappa shape index (κ1) is 18.1. The fourth-order valence-corrected chi connectivity index (χ4v) is 3.81. The highest BCUT2D eigenvalue weighted by atomic mass is 28.3. The van der Waals surface area contributed by atoms with Crippen LogP contribution in [-0.4, -0.2) is 62.6 Å². The van der Waals surface area contributed by atoms with E-state index < -0.39 is 9.28 Å². The van der Waals surface area contributed by atoms with E-state index in [9.17, 15) is 0 Å². The lowest BCUT2D eigenvalue weighted by atomic mass is 9.80. The van der Waals surface area contributed by atoms with Crippen LogP contribution in [0.2, 0.25) is 6.04 Å². The molecule has 1 rings (SSSR count). The van der Waals surface area contributed by atoms with Crippen LogP contribution >= 0.6 is 0 Å². The van der Waals surface area contributed by atoms with E-state index in [4.69, 9.17) is 23.1 Å². The first-order valence-corrected chi connectivity index (χ1v) is 8.78. The summed E-state index contributed by atoms with van der Waals surface area (Å²) in [6.45, 7) is 6.53. The van der Waals surface area contributed by atoms with E-state index in [2.05, 4.69) is 6.92 Å². The normalized spacial score (nSPS) is 20.7. The van der Waals surface area contributed by atoms with Crippen molar-refractivity contribution in [3.8, 4) is 0 Å². The van der Waals surface area contributed by atoms with Crippen molar-refractivity contribution in [1.82, 2.24) is 0 Å². The minimum Gasteiger partial charge on any atom is -0.397 e. The number of methoxy groups -OCH3 is 1. The molecule has 1 aliphatic heterocycles. The lowest BCUT2D eigenvalue weighted by Crippen LogP contribution is -2.50. The predicted octanol–water partition coefficient (Wildman–Crippen LogP) is 2.00. The van der Waals surface area contributed by atoms with E-state index in [1.807, 2.05) is 6.92 Å². The smallest absolute Gasteiger partial charge is 0.386 e. The lowest BCUT2D eigenvalue weighted by molar-refractivity contribution is -0.173. The van der Waals surface area contributed by atoms with E-state index >= 15 is 0 Å². The number of rotatable bonds is 11. The third-order valence-corrected chi connectivity index (χ3v) is 5.63. The van der Waals surface area contributed by atoms with Gasteiger partial charge < -0.3 is 23.1 Å². The zero-order valence-electron chi connectivity index (χ0n) is 13.4. The van der Waals surface area contributed by atoms with Gasteiger partial charge in [-0.3, -0.25) is 0 Å². The van der Waals surface area contributed by atoms with Crippen LogP contribution in [0.1, 0.15) is 26.7 Å². The van der Waals surface area contributed by atoms with Gasteiger partial charge in [0.25, 0.3) is 0 Å². The summed E-state index contributed by atoms with van der Waals surface area (Å²) < 4.78 is 27.5. The molecule has 0 aromatic heterocycles. The molecule has 0 amide bonds. The summed E-state index contributed by atoms with van der Waals surface area (Å²) in [5, 5.41) is 0. The Morgan fingerprint density at radius 3 is 2.20 bits per heavy atom. The highest BCUT2D eigenvalue weighted by Gasteiger charge is 2.41. The van der Waals surface area contributed by atoms with Gasteiger partial charge in [0.2, 0.25) is 0 Å². The van der Waals surface area contributed by atoms with E-state index in [1.54, 1.807) is 21.3 Å². The van der Waals surface area contributed by atoms with Crippen molar-refractivity contribution >= 4 is 9.28 Å². The van der Waals surface area contributed by atoms with Gasteiger partial charge in [0.15, 0.2) is 0 Å². The van der Waals surface area contributed by atoms with E-state index in [0.717, 1.165) is 32.1 Å². The summed E-state index contributed by atoms with van der Waals surface area (Å²) in [5.41, 5.74) is 0.155. The second-order valence-electron chi connectivity index (χ2n) is 5.51. The molecule has 119 valence electrons. The minimum atomic E-state index is -1.21. The van der Waals surface area contributed by atoms with Crippen LogP contribution < -0.4 is 0 Å². The van der Waals surface area contributed by atoms with Crippen LogP contribution in [-0.2, 0) is 23.1 Å².